The molecule has 0 bridgehead atoms. The van der Waals surface area contributed by atoms with Crippen LogP contribution in [0.15, 0.2) is 58.0 Å². The first kappa shape index (κ1) is 27.4. The number of carboxylic acids is 1. The molecular formula is C23H20N7NaO6S. The SMILES string of the molecule is Nc1nc(/C(=N/O)C(=O)N[C@@H]2C(=O)N3C(C(=O)[O-])=C(/C=C4\CCN(c5ccncc5)C4=O)CC[C@H]23)cs1.[Na+]. The molecular weight excluding hydrogens is 525 g/mol. The van der Waals surface area contributed by atoms with Crippen molar-refractivity contribution in [2.24, 2.45) is 5.16 Å². The maximum absolute atomic E-state index is 12.9. The number of allylic oxidation sites excluding steroid dienone is 2. The maximum atomic E-state index is 12.9. The van der Waals surface area contributed by atoms with E-state index in [4.69, 9.17) is 5.73 Å². The molecule has 0 aliphatic carbocycles. The number of anilines is 2. The number of carbonyl (C=O) groups is 4. The average Bonchev–Trinajstić information content (AvgIpc) is 3.48. The van der Waals surface area contributed by atoms with Gasteiger partial charge >= 0.3 is 29.6 Å². The van der Waals surface area contributed by atoms with Gasteiger partial charge in [0.15, 0.2) is 10.8 Å². The molecule has 2 atom stereocenters. The van der Waals surface area contributed by atoms with Crippen molar-refractivity contribution in [3.8, 4) is 0 Å². The van der Waals surface area contributed by atoms with Crippen molar-refractivity contribution in [2.75, 3.05) is 17.2 Å². The van der Waals surface area contributed by atoms with Gasteiger partial charge in [-0.2, -0.15) is 0 Å². The number of carboxylic acid groups (broad SMARTS) is 1. The standard InChI is InChI=1S/C23H21N7O6S.Na/c24-23-26-14(10-37-23)16(28-36)19(31)27-17-15-2-1-11(18(22(34)35)30(15)21(17)33)9-12-5-8-29(20(12)32)13-3-6-25-7-4-13;/h3-4,6-7,9-10,15,17,36H,1-2,5,8H2,(H2,24,26)(H,27,31)(H,34,35);/q;+1/p-1/b12-9+,28-16-;/t15-,17+;/m1./s1. The molecule has 0 radical (unpaired) electrons. The molecule has 5 heterocycles. The van der Waals surface area contributed by atoms with E-state index in [1.165, 1.54) is 11.5 Å². The Bertz CT molecular complexity index is 1410. The smallest absolute Gasteiger partial charge is 0.543 e. The molecule has 0 aromatic carbocycles. The summed E-state index contributed by atoms with van der Waals surface area (Å²) in [6.07, 6.45) is 5.67. The van der Waals surface area contributed by atoms with Crippen molar-refractivity contribution in [1.82, 2.24) is 20.2 Å². The third-order valence-corrected chi connectivity index (χ3v) is 7.16. The van der Waals surface area contributed by atoms with Crippen LogP contribution in [0.3, 0.4) is 0 Å². The summed E-state index contributed by atoms with van der Waals surface area (Å²) in [4.78, 5) is 61.1. The minimum atomic E-state index is -1.55. The minimum absolute atomic E-state index is 0. The predicted octanol–water partition coefficient (Wildman–Crippen LogP) is -3.84. The number of nitrogens with two attached hydrogens (primary N) is 1. The van der Waals surface area contributed by atoms with Crippen LogP contribution < -0.4 is 50.6 Å². The summed E-state index contributed by atoms with van der Waals surface area (Å²) < 4.78 is 0. The Labute approximate surface area is 242 Å². The quantitative estimate of drug-likeness (QED) is 0.0814. The van der Waals surface area contributed by atoms with Crippen LogP contribution in [0, 0.1) is 0 Å². The van der Waals surface area contributed by atoms with Gasteiger partial charge in [-0.05, 0) is 43.0 Å². The molecule has 4 N–H and O–H groups in total. The van der Waals surface area contributed by atoms with Crippen molar-refractivity contribution in [1.29, 1.82) is 0 Å². The monoisotopic (exact) mass is 545 g/mol. The average molecular weight is 546 g/mol. The number of aliphatic carboxylic acids is 1. The number of aromatic nitrogens is 2. The van der Waals surface area contributed by atoms with Crippen LogP contribution in [0.2, 0.25) is 0 Å². The summed E-state index contributed by atoms with van der Waals surface area (Å²) in [5, 5.41) is 28.4. The number of nitrogens with one attached hydrogen (secondary N) is 1. The zero-order valence-corrected chi connectivity index (χ0v) is 23.0. The number of nitrogens with zero attached hydrogens (tertiary/aromatic N) is 5. The molecule has 5 rings (SSSR count). The van der Waals surface area contributed by atoms with E-state index < -0.39 is 35.6 Å². The first-order chi connectivity index (χ1) is 17.8. The van der Waals surface area contributed by atoms with Gasteiger partial charge in [-0.15, -0.1) is 11.3 Å². The number of hydrogen-bond acceptors (Lipinski definition) is 11. The number of fused-ring (bicyclic) bond motifs is 1. The normalized spacial score (nSPS) is 22.2. The van der Waals surface area contributed by atoms with Crippen molar-refractivity contribution >= 4 is 51.6 Å². The van der Waals surface area contributed by atoms with Gasteiger partial charge in [0.05, 0.1) is 17.7 Å². The largest absolute Gasteiger partial charge is 1.00 e. The molecule has 0 saturated carbocycles. The second kappa shape index (κ2) is 11.0. The summed E-state index contributed by atoms with van der Waals surface area (Å²) in [6.45, 7) is 0.432. The second-order valence-corrected chi connectivity index (χ2v) is 9.42. The molecule has 2 fully saturated rings. The Balaban J connectivity index is 0.00000336. The van der Waals surface area contributed by atoms with Gasteiger partial charge in [-0.1, -0.05) is 5.16 Å². The van der Waals surface area contributed by atoms with E-state index in [0.717, 1.165) is 16.2 Å². The molecule has 2 aromatic heterocycles. The molecule has 13 nitrogen and oxygen atoms in total. The molecule has 0 unspecified atom stereocenters. The van der Waals surface area contributed by atoms with E-state index in [1.807, 2.05) is 0 Å². The summed E-state index contributed by atoms with van der Waals surface area (Å²) in [5.74, 6) is -3.32. The Kier molecular flexibility index (Phi) is 7.97. The third kappa shape index (κ3) is 4.82. The van der Waals surface area contributed by atoms with Crippen LogP contribution in [0.1, 0.15) is 25.0 Å². The number of amides is 3. The van der Waals surface area contributed by atoms with Gasteiger partial charge in [-0.3, -0.25) is 19.4 Å². The van der Waals surface area contributed by atoms with E-state index in [0.29, 0.717) is 36.2 Å². The Morgan fingerprint density at radius 2 is 2.00 bits per heavy atom. The molecule has 38 heavy (non-hydrogen) atoms. The van der Waals surface area contributed by atoms with Crippen LogP contribution in [-0.4, -0.2) is 68.1 Å². The Hall–Kier alpha value is -3.59. The number of β-lactam (4-membered cyclic amide) rings is 1. The molecule has 0 spiro atoms. The van der Waals surface area contributed by atoms with Crippen LogP contribution in [-0.2, 0) is 19.2 Å². The van der Waals surface area contributed by atoms with E-state index in [9.17, 15) is 29.5 Å². The summed E-state index contributed by atoms with van der Waals surface area (Å²) in [5.41, 5.74) is 6.28. The fourth-order valence-electron chi connectivity index (χ4n) is 4.77. The molecule has 15 heteroatoms. The van der Waals surface area contributed by atoms with Gasteiger partial charge in [-0.25, -0.2) is 4.98 Å². The summed E-state index contributed by atoms with van der Waals surface area (Å²) >= 11 is 1.04. The fraction of sp³-hybridized carbons (Fsp3) is 0.261. The topological polar surface area (TPSA) is 194 Å². The zero-order chi connectivity index (χ0) is 26.3. The van der Waals surface area contributed by atoms with E-state index in [2.05, 4.69) is 20.4 Å². The number of carbonyl (C=O) groups excluding carboxylic acids is 4. The molecule has 3 amide bonds. The van der Waals surface area contributed by atoms with Crippen molar-refractivity contribution in [3.63, 3.8) is 0 Å². The van der Waals surface area contributed by atoms with E-state index >= 15 is 0 Å². The van der Waals surface area contributed by atoms with Crippen LogP contribution in [0.5, 0.6) is 0 Å². The molecule has 3 aliphatic heterocycles. The van der Waals surface area contributed by atoms with E-state index in [1.54, 1.807) is 29.4 Å². The van der Waals surface area contributed by atoms with Crippen LogP contribution in [0.4, 0.5) is 10.8 Å². The van der Waals surface area contributed by atoms with Crippen molar-refractivity contribution in [2.45, 2.75) is 31.3 Å². The number of thiazole rings is 1. The zero-order valence-electron chi connectivity index (χ0n) is 20.2. The summed E-state index contributed by atoms with van der Waals surface area (Å²) in [7, 11) is 0. The number of pyridine rings is 1. The molecule has 2 aromatic rings. The summed E-state index contributed by atoms with van der Waals surface area (Å²) in [6, 6.07) is 1.75. The van der Waals surface area contributed by atoms with Gasteiger partial charge in [0.25, 0.3) is 17.7 Å². The van der Waals surface area contributed by atoms with Gasteiger partial charge in [0, 0.05) is 35.6 Å². The number of nitrogen functional groups attached to an aromatic ring is 1. The minimum Gasteiger partial charge on any atom is -0.543 e. The number of oxime groups is 1. The van der Waals surface area contributed by atoms with Gasteiger partial charge in [0.1, 0.15) is 11.7 Å². The maximum Gasteiger partial charge on any atom is 1.00 e. The van der Waals surface area contributed by atoms with Gasteiger partial charge < -0.3 is 36.0 Å². The van der Waals surface area contributed by atoms with Crippen LogP contribution in [0.25, 0.3) is 0 Å². The first-order valence-corrected chi connectivity index (χ1v) is 12.1. The van der Waals surface area contributed by atoms with E-state index in [-0.39, 0.29) is 58.4 Å². The number of hydrogen-bond donors (Lipinski definition) is 3. The third-order valence-electron chi connectivity index (χ3n) is 6.48. The van der Waals surface area contributed by atoms with Crippen molar-refractivity contribution in [3.05, 3.63) is 58.5 Å². The Morgan fingerprint density at radius 1 is 1.26 bits per heavy atom. The van der Waals surface area contributed by atoms with Gasteiger partial charge in [0.2, 0.25) is 0 Å². The first-order valence-electron chi connectivity index (χ1n) is 11.2. The molecule has 2 saturated heterocycles. The predicted molar refractivity (Wildman–Crippen MR) is 128 cm³/mol. The van der Waals surface area contributed by atoms with Crippen LogP contribution >= 0.6 is 11.3 Å². The molecule has 3 aliphatic rings. The number of rotatable bonds is 6. The second-order valence-electron chi connectivity index (χ2n) is 8.53. The molecule has 190 valence electrons. The Morgan fingerprint density at radius 3 is 2.63 bits per heavy atom. The van der Waals surface area contributed by atoms with Crippen molar-refractivity contribution < 1.29 is 59.0 Å². The fourth-order valence-corrected chi connectivity index (χ4v) is 5.32.